The van der Waals surface area contributed by atoms with Crippen molar-refractivity contribution in [3.63, 3.8) is 0 Å². The number of fused-ring (bicyclic) bond motifs is 1. The van der Waals surface area contributed by atoms with Crippen molar-refractivity contribution in [3.05, 3.63) is 65.1 Å². The van der Waals surface area contributed by atoms with Gasteiger partial charge in [0.05, 0.1) is 17.6 Å². The molecule has 3 heterocycles. The molecule has 0 radical (unpaired) electrons. The lowest BCUT2D eigenvalue weighted by atomic mass is 10.1. The summed E-state index contributed by atoms with van der Waals surface area (Å²) in [5.74, 6) is -0.223. The molecule has 0 unspecified atom stereocenters. The predicted molar refractivity (Wildman–Crippen MR) is 102 cm³/mol. The van der Waals surface area contributed by atoms with Crippen molar-refractivity contribution in [2.75, 3.05) is 5.32 Å². The van der Waals surface area contributed by atoms with Crippen LogP contribution in [0.5, 0.6) is 0 Å². The molecule has 4 rings (SSSR count). The van der Waals surface area contributed by atoms with Crippen molar-refractivity contribution in [2.24, 2.45) is 0 Å². The average molecular weight is 345 g/mol. The van der Waals surface area contributed by atoms with Crippen LogP contribution >= 0.6 is 0 Å². The number of nitrogens with zero attached hydrogens (tertiary/aromatic N) is 2. The minimum Gasteiger partial charge on any atom is -0.339 e. The molecule has 3 aromatic heterocycles. The van der Waals surface area contributed by atoms with Crippen LogP contribution in [0, 0.1) is 20.8 Å². The van der Waals surface area contributed by atoms with Crippen molar-refractivity contribution < 1.29 is 4.79 Å². The second-order valence-corrected chi connectivity index (χ2v) is 6.42. The van der Waals surface area contributed by atoms with Gasteiger partial charge in [0.15, 0.2) is 0 Å². The summed E-state index contributed by atoms with van der Waals surface area (Å²) in [6.45, 7) is 5.81. The largest absolute Gasteiger partial charge is 0.339 e. The zero-order valence-corrected chi connectivity index (χ0v) is 14.8. The van der Waals surface area contributed by atoms with Crippen LogP contribution in [-0.4, -0.2) is 26.1 Å². The van der Waals surface area contributed by atoms with Crippen LogP contribution < -0.4 is 5.32 Å². The summed E-state index contributed by atoms with van der Waals surface area (Å²) >= 11 is 0. The lowest BCUT2D eigenvalue weighted by molar-refractivity contribution is 0.102. The molecule has 26 heavy (non-hydrogen) atoms. The maximum absolute atomic E-state index is 12.4. The molecule has 1 amide bonds. The van der Waals surface area contributed by atoms with Crippen molar-refractivity contribution in [1.82, 2.24) is 20.2 Å². The van der Waals surface area contributed by atoms with E-state index in [0.717, 1.165) is 33.5 Å². The number of carbonyl (C=O) groups excluding carboxylic acids is 1. The third-order valence-corrected chi connectivity index (χ3v) is 4.64. The lowest BCUT2D eigenvalue weighted by Gasteiger charge is -2.04. The number of aromatic nitrogens is 4. The molecular weight excluding hydrogens is 326 g/mol. The summed E-state index contributed by atoms with van der Waals surface area (Å²) in [6.07, 6.45) is 1.65. The molecule has 0 saturated carbocycles. The smallest absolute Gasteiger partial charge is 0.273 e. The highest BCUT2D eigenvalue weighted by molar-refractivity contribution is 6.04. The van der Waals surface area contributed by atoms with Gasteiger partial charge < -0.3 is 10.3 Å². The van der Waals surface area contributed by atoms with E-state index in [2.05, 4.69) is 44.5 Å². The Hall–Kier alpha value is -3.41. The second-order valence-electron chi connectivity index (χ2n) is 6.42. The van der Waals surface area contributed by atoms with Crippen molar-refractivity contribution in [3.8, 4) is 11.3 Å². The van der Waals surface area contributed by atoms with E-state index >= 15 is 0 Å². The first-order valence-corrected chi connectivity index (χ1v) is 8.40. The third-order valence-electron chi connectivity index (χ3n) is 4.64. The van der Waals surface area contributed by atoms with Gasteiger partial charge in [0.2, 0.25) is 0 Å². The van der Waals surface area contributed by atoms with E-state index in [1.165, 1.54) is 5.56 Å². The fraction of sp³-hybridized carbons (Fsp3) is 0.150. The van der Waals surface area contributed by atoms with E-state index in [0.29, 0.717) is 11.4 Å². The zero-order valence-electron chi connectivity index (χ0n) is 14.8. The fourth-order valence-electron chi connectivity index (χ4n) is 3.01. The number of hydrogen-bond donors (Lipinski definition) is 3. The molecule has 0 bridgehead atoms. The minimum absolute atomic E-state index is 0.223. The van der Waals surface area contributed by atoms with Crippen LogP contribution in [-0.2, 0) is 0 Å². The zero-order chi connectivity index (χ0) is 18.3. The standard InChI is InChI=1S/C20H19N5O/c1-11-6-4-5-7-16(11)17-9-14-8-15(10-21-19(14)23-17)22-20(26)18-12(2)13(3)24-25-18/h4-10H,1-3H3,(H,21,23)(H,22,26)(H,24,25). The number of nitrogens with one attached hydrogen (secondary N) is 3. The van der Waals surface area contributed by atoms with E-state index < -0.39 is 0 Å². The van der Waals surface area contributed by atoms with E-state index in [9.17, 15) is 4.79 Å². The van der Waals surface area contributed by atoms with Gasteiger partial charge in [-0.3, -0.25) is 9.89 Å². The molecule has 0 aliphatic carbocycles. The predicted octanol–water partition coefficient (Wildman–Crippen LogP) is 4.13. The van der Waals surface area contributed by atoms with Crippen LogP contribution in [0.1, 0.15) is 27.3 Å². The van der Waals surface area contributed by atoms with Gasteiger partial charge in [-0.2, -0.15) is 5.10 Å². The highest BCUT2D eigenvalue weighted by Gasteiger charge is 2.14. The van der Waals surface area contributed by atoms with Gasteiger partial charge in [0.1, 0.15) is 11.3 Å². The van der Waals surface area contributed by atoms with Crippen LogP contribution in [0.4, 0.5) is 5.69 Å². The molecule has 0 spiro atoms. The van der Waals surface area contributed by atoms with Crippen molar-refractivity contribution >= 4 is 22.6 Å². The average Bonchev–Trinajstić information content (AvgIpc) is 3.19. The summed E-state index contributed by atoms with van der Waals surface area (Å²) in [5, 5.41) is 10.7. The van der Waals surface area contributed by atoms with Crippen molar-refractivity contribution in [2.45, 2.75) is 20.8 Å². The molecule has 130 valence electrons. The number of hydrogen-bond acceptors (Lipinski definition) is 3. The van der Waals surface area contributed by atoms with Crippen LogP contribution in [0.2, 0.25) is 0 Å². The fourth-order valence-corrected chi connectivity index (χ4v) is 3.01. The molecule has 0 saturated heterocycles. The topological polar surface area (TPSA) is 86.5 Å². The van der Waals surface area contributed by atoms with Gasteiger partial charge in [0.25, 0.3) is 5.91 Å². The Kier molecular flexibility index (Phi) is 3.80. The number of aryl methyl sites for hydroxylation is 2. The highest BCUT2D eigenvalue weighted by atomic mass is 16.1. The Morgan fingerprint density at radius 3 is 2.65 bits per heavy atom. The van der Waals surface area contributed by atoms with Gasteiger partial charge in [-0.1, -0.05) is 24.3 Å². The summed E-state index contributed by atoms with van der Waals surface area (Å²) in [7, 11) is 0. The summed E-state index contributed by atoms with van der Waals surface area (Å²) < 4.78 is 0. The number of pyridine rings is 1. The Morgan fingerprint density at radius 2 is 1.92 bits per heavy atom. The number of aromatic amines is 2. The summed E-state index contributed by atoms with van der Waals surface area (Å²) in [6, 6.07) is 12.2. The van der Waals surface area contributed by atoms with Gasteiger partial charge in [0, 0.05) is 22.2 Å². The molecule has 3 N–H and O–H groups in total. The third kappa shape index (κ3) is 2.75. The molecule has 0 aliphatic rings. The van der Waals surface area contributed by atoms with Gasteiger partial charge in [-0.15, -0.1) is 0 Å². The Balaban J connectivity index is 1.65. The number of carbonyl (C=O) groups is 1. The van der Waals surface area contributed by atoms with E-state index in [-0.39, 0.29) is 5.91 Å². The summed E-state index contributed by atoms with van der Waals surface area (Å²) in [4.78, 5) is 20.2. The Bertz CT molecular complexity index is 1120. The number of benzene rings is 1. The van der Waals surface area contributed by atoms with Gasteiger partial charge in [-0.25, -0.2) is 4.98 Å². The first-order valence-electron chi connectivity index (χ1n) is 8.40. The quantitative estimate of drug-likeness (QED) is 0.522. The summed E-state index contributed by atoms with van der Waals surface area (Å²) in [5.41, 5.74) is 6.90. The first kappa shape index (κ1) is 16.1. The number of rotatable bonds is 3. The molecule has 0 aliphatic heterocycles. The normalized spacial score (nSPS) is 11.0. The molecule has 6 nitrogen and oxygen atoms in total. The molecular formula is C20H19N5O. The van der Waals surface area contributed by atoms with E-state index in [1.54, 1.807) is 6.20 Å². The van der Waals surface area contributed by atoms with Crippen molar-refractivity contribution in [1.29, 1.82) is 0 Å². The van der Waals surface area contributed by atoms with Crippen LogP contribution in [0.3, 0.4) is 0 Å². The second kappa shape index (κ2) is 6.15. The Morgan fingerprint density at radius 1 is 1.12 bits per heavy atom. The Labute approximate surface area is 150 Å². The molecule has 1 aromatic carbocycles. The molecule has 0 atom stereocenters. The monoisotopic (exact) mass is 345 g/mol. The molecule has 0 fully saturated rings. The molecule has 6 heteroatoms. The number of H-pyrrole nitrogens is 2. The van der Waals surface area contributed by atoms with E-state index in [4.69, 9.17) is 0 Å². The van der Waals surface area contributed by atoms with Crippen LogP contribution in [0.25, 0.3) is 22.3 Å². The van der Waals surface area contributed by atoms with Gasteiger partial charge >= 0.3 is 0 Å². The highest BCUT2D eigenvalue weighted by Crippen LogP contribution is 2.27. The maximum Gasteiger partial charge on any atom is 0.273 e. The van der Waals surface area contributed by atoms with Crippen LogP contribution in [0.15, 0.2) is 42.6 Å². The number of anilines is 1. The number of amides is 1. The first-order chi connectivity index (χ1) is 12.5. The molecule has 4 aromatic rings. The minimum atomic E-state index is -0.223. The van der Waals surface area contributed by atoms with Gasteiger partial charge in [-0.05, 0) is 38.5 Å². The maximum atomic E-state index is 12.4. The lowest BCUT2D eigenvalue weighted by Crippen LogP contribution is -2.13. The SMILES string of the molecule is Cc1ccccc1-c1cc2cc(NC(=O)c3[nH]nc(C)c3C)cnc2[nH]1. The van der Waals surface area contributed by atoms with E-state index in [1.807, 2.05) is 38.1 Å².